The highest BCUT2D eigenvalue weighted by atomic mass is 16.7. The molecule has 1 atom stereocenters. The molecule has 0 bridgehead atoms. The van der Waals surface area contributed by atoms with Crippen molar-refractivity contribution in [1.82, 2.24) is 14.9 Å². The van der Waals surface area contributed by atoms with Crippen LogP contribution in [0, 0.1) is 6.92 Å². The minimum atomic E-state index is -0.467. The summed E-state index contributed by atoms with van der Waals surface area (Å²) in [6.07, 6.45) is 6.11. The van der Waals surface area contributed by atoms with Crippen LogP contribution in [0.3, 0.4) is 0 Å². The Balaban J connectivity index is 1.50. The van der Waals surface area contributed by atoms with Crippen LogP contribution in [0.15, 0.2) is 6.07 Å². The van der Waals surface area contributed by atoms with Gasteiger partial charge in [0.05, 0.1) is 13.2 Å². The monoisotopic (exact) mass is 374 g/mol. The van der Waals surface area contributed by atoms with E-state index < -0.39 is 5.79 Å². The van der Waals surface area contributed by atoms with Crippen molar-refractivity contribution in [1.29, 1.82) is 0 Å². The maximum atomic E-state index is 13.1. The third-order valence-corrected chi connectivity index (χ3v) is 6.04. The van der Waals surface area contributed by atoms with E-state index in [0.29, 0.717) is 44.0 Å². The Kier molecular flexibility index (Phi) is 5.32. The molecule has 0 radical (unpaired) electrons. The number of hydrogen-bond acceptors (Lipinski definition) is 6. The number of amides is 1. The van der Waals surface area contributed by atoms with E-state index in [0.717, 1.165) is 37.9 Å². The zero-order valence-corrected chi connectivity index (χ0v) is 16.4. The van der Waals surface area contributed by atoms with Crippen LogP contribution in [0.5, 0.6) is 0 Å². The van der Waals surface area contributed by atoms with Crippen molar-refractivity contribution in [2.75, 3.05) is 37.7 Å². The molecule has 4 heterocycles. The maximum Gasteiger partial charge on any atom is 0.272 e. The van der Waals surface area contributed by atoms with Gasteiger partial charge in [0.25, 0.3) is 5.91 Å². The molecular weight excluding hydrogens is 344 g/mol. The number of aromatic nitrogens is 2. The smallest absolute Gasteiger partial charge is 0.272 e. The second kappa shape index (κ2) is 7.72. The van der Waals surface area contributed by atoms with Crippen LogP contribution in [0.25, 0.3) is 0 Å². The maximum absolute atomic E-state index is 13.1. The van der Waals surface area contributed by atoms with Gasteiger partial charge in [0.2, 0.25) is 5.95 Å². The molecular formula is C20H30N4O3. The van der Waals surface area contributed by atoms with Crippen LogP contribution in [0.1, 0.15) is 61.6 Å². The molecule has 3 aliphatic heterocycles. The lowest BCUT2D eigenvalue weighted by atomic mass is 10.0. The molecule has 7 heteroatoms. The highest BCUT2D eigenvalue weighted by Gasteiger charge is 2.41. The van der Waals surface area contributed by atoms with E-state index in [2.05, 4.69) is 21.8 Å². The number of aryl methyl sites for hydroxylation is 1. The third-order valence-electron chi connectivity index (χ3n) is 6.04. The molecule has 3 saturated heterocycles. The Morgan fingerprint density at radius 1 is 1.19 bits per heavy atom. The van der Waals surface area contributed by atoms with E-state index >= 15 is 0 Å². The number of carbonyl (C=O) groups excluding carboxylic acids is 1. The highest BCUT2D eigenvalue weighted by Crippen LogP contribution is 2.32. The first-order chi connectivity index (χ1) is 13.1. The molecule has 3 aliphatic rings. The fourth-order valence-corrected chi connectivity index (χ4v) is 4.48. The fraction of sp³-hybridized carbons (Fsp3) is 0.750. The Morgan fingerprint density at radius 3 is 2.63 bits per heavy atom. The summed E-state index contributed by atoms with van der Waals surface area (Å²) in [6, 6.07) is 2.28. The summed E-state index contributed by atoms with van der Waals surface area (Å²) >= 11 is 0. The molecule has 1 unspecified atom stereocenters. The molecule has 4 rings (SSSR count). The summed E-state index contributed by atoms with van der Waals surface area (Å²) in [5.41, 5.74) is 1.35. The molecule has 1 aromatic heterocycles. The molecule has 148 valence electrons. The van der Waals surface area contributed by atoms with Crippen molar-refractivity contribution in [2.24, 2.45) is 0 Å². The average molecular weight is 374 g/mol. The van der Waals surface area contributed by atoms with E-state index in [9.17, 15) is 4.79 Å². The summed E-state index contributed by atoms with van der Waals surface area (Å²) in [6.45, 7) is 7.70. The summed E-state index contributed by atoms with van der Waals surface area (Å²) < 4.78 is 11.5. The summed E-state index contributed by atoms with van der Waals surface area (Å²) in [4.78, 5) is 26.6. The standard InChI is InChI=1S/C20H30N4O3/c1-3-16-6-4-5-9-24(16)19-21-15(2)14-17(22-19)18(25)23-10-7-20(8-11-23)26-12-13-27-20/h14,16H,3-13H2,1-2H3. The van der Waals surface area contributed by atoms with Gasteiger partial charge < -0.3 is 19.3 Å². The van der Waals surface area contributed by atoms with Crippen LogP contribution < -0.4 is 4.90 Å². The van der Waals surface area contributed by atoms with Crippen molar-refractivity contribution in [3.8, 4) is 0 Å². The minimum absolute atomic E-state index is 0.0142. The van der Waals surface area contributed by atoms with Gasteiger partial charge in [-0.2, -0.15) is 0 Å². The van der Waals surface area contributed by atoms with Crippen LogP contribution >= 0.6 is 0 Å². The first-order valence-electron chi connectivity index (χ1n) is 10.3. The van der Waals surface area contributed by atoms with E-state index in [-0.39, 0.29) is 5.91 Å². The molecule has 0 saturated carbocycles. The van der Waals surface area contributed by atoms with Gasteiger partial charge >= 0.3 is 0 Å². The molecule has 1 spiro atoms. The zero-order chi connectivity index (χ0) is 18.9. The van der Waals surface area contributed by atoms with Crippen LogP contribution in [-0.2, 0) is 9.47 Å². The largest absolute Gasteiger partial charge is 0.347 e. The topological polar surface area (TPSA) is 67.8 Å². The summed E-state index contributed by atoms with van der Waals surface area (Å²) in [5.74, 6) is 0.228. The predicted molar refractivity (Wildman–Crippen MR) is 102 cm³/mol. The lowest BCUT2D eigenvalue weighted by Crippen LogP contribution is -2.47. The number of likely N-dealkylation sites (tertiary alicyclic amines) is 1. The van der Waals surface area contributed by atoms with E-state index in [4.69, 9.17) is 9.47 Å². The Labute approximate surface area is 161 Å². The molecule has 0 aromatic carbocycles. The molecule has 7 nitrogen and oxygen atoms in total. The van der Waals surface area contributed by atoms with Crippen LogP contribution in [0.2, 0.25) is 0 Å². The minimum Gasteiger partial charge on any atom is -0.347 e. The fourth-order valence-electron chi connectivity index (χ4n) is 4.48. The molecule has 1 amide bonds. The van der Waals surface area contributed by atoms with Gasteiger partial charge in [0.15, 0.2) is 5.79 Å². The van der Waals surface area contributed by atoms with Gasteiger partial charge in [-0.25, -0.2) is 9.97 Å². The van der Waals surface area contributed by atoms with Crippen molar-refractivity contribution < 1.29 is 14.3 Å². The van der Waals surface area contributed by atoms with E-state index in [1.54, 1.807) is 0 Å². The molecule has 1 aromatic rings. The van der Waals surface area contributed by atoms with Crippen molar-refractivity contribution in [3.05, 3.63) is 17.5 Å². The SMILES string of the molecule is CCC1CCCCN1c1nc(C)cc(C(=O)N2CCC3(CC2)OCCO3)n1. The number of nitrogens with zero attached hydrogens (tertiary/aromatic N) is 4. The first-order valence-corrected chi connectivity index (χ1v) is 10.3. The number of piperidine rings is 2. The number of rotatable bonds is 3. The van der Waals surface area contributed by atoms with E-state index in [1.165, 1.54) is 12.8 Å². The number of ether oxygens (including phenoxy) is 2. The Morgan fingerprint density at radius 2 is 1.93 bits per heavy atom. The van der Waals surface area contributed by atoms with Gasteiger partial charge in [0.1, 0.15) is 5.69 Å². The quantitative estimate of drug-likeness (QED) is 0.810. The van der Waals surface area contributed by atoms with Gasteiger partial charge in [-0.3, -0.25) is 4.79 Å². The third kappa shape index (κ3) is 3.80. The van der Waals surface area contributed by atoms with Gasteiger partial charge in [-0.15, -0.1) is 0 Å². The Hall–Kier alpha value is -1.73. The predicted octanol–water partition coefficient (Wildman–Crippen LogP) is 2.53. The summed E-state index contributed by atoms with van der Waals surface area (Å²) in [7, 11) is 0. The molecule has 27 heavy (non-hydrogen) atoms. The normalized spacial score (nSPS) is 25.2. The van der Waals surface area contributed by atoms with Gasteiger partial charge in [-0.1, -0.05) is 6.92 Å². The summed E-state index contributed by atoms with van der Waals surface area (Å²) in [5, 5.41) is 0. The van der Waals surface area contributed by atoms with Crippen molar-refractivity contribution in [2.45, 2.75) is 64.2 Å². The first kappa shape index (κ1) is 18.6. The number of hydrogen-bond donors (Lipinski definition) is 0. The highest BCUT2D eigenvalue weighted by molar-refractivity contribution is 5.92. The lowest BCUT2D eigenvalue weighted by Gasteiger charge is -2.38. The van der Waals surface area contributed by atoms with E-state index in [1.807, 2.05) is 17.9 Å². The molecule has 3 fully saturated rings. The van der Waals surface area contributed by atoms with Gasteiger partial charge in [0, 0.05) is 44.2 Å². The molecule has 0 N–H and O–H groups in total. The van der Waals surface area contributed by atoms with Crippen molar-refractivity contribution >= 4 is 11.9 Å². The molecule has 0 aliphatic carbocycles. The average Bonchev–Trinajstić information content (AvgIpc) is 3.15. The number of carbonyl (C=O) groups is 1. The van der Waals surface area contributed by atoms with Gasteiger partial charge in [-0.05, 0) is 38.7 Å². The second-order valence-electron chi connectivity index (χ2n) is 7.85. The number of anilines is 1. The van der Waals surface area contributed by atoms with Crippen molar-refractivity contribution in [3.63, 3.8) is 0 Å². The second-order valence-corrected chi connectivity index (χ2v) is 7.85. The lowest BCUT2D eigenvalue weighted by molar-refractivity contribution is -0.181. The van der Waals surface area contributed by atoms with Crippen LogP contribution in [-0.4, -0.2) is 65.5 Å². The van der Waals surface area contributed by atoms with Crippen LogP contribution in [0.4, 0.5) is 5.95 Å². The zero-order valence-electron chi connectivity index (χ0n) is 16.4. The Bertz CT molecular complexity index is 680.